The summed E-state index contributed by atoms with van der Waals surface area (Å²) in [5.41, 5.74) is 0. The smallest absolute Gasteiger partial charge is 0.339 e. The van der Waals surface area contributed by atoms with Gasteiger partial charge in [0.1, 0.15) is 13.1 Å². The second-order valence-electron chi connectivity index (χ2n) is 9.14. The predicted octanol–water partition coefficient (Wildman–Crippen LogP) is 5.70. The highest BCUT2D eigenvalue weighted by Gasteiger charge is 2.42. The van der Waals surface area contributed by atoms with Crippen LogP contribution in [0.5, 0.6) is 0 Å². The summed E-state index contributed by atoms with van der Waals surface area (Å²) >= 11 is 0. The van der Waals surface area contributed by atoms with Gasteiger partial charge in [-0.15, -0.1) is 4.65 Å². The first-order valence-corrected chi connectivity index (χ1v) is 13.0. The van der Waals surface area contributed by atoms with Crippen LogP contribution in [0.3, 0.4) is 0 Å². The molecule has 0 amide bonds. The summed E-state index contributed by atoms with van der Waals surface area (Å²) in [6, 6.07) is 0. The second-order valence-corrected chi connectivity index (χ2v) is 9.14. The first-order valence-electron chi connectivity index (χ1n) is 13.0. The molecule has 3 N–H and O–H groups in total. The third-order valence-electron chi connectivity index (χ3n) is 6.40. The fraction of sp³-hybridized carbons (Fsp3) is 0.920. The van der Waals surface area contributed by atoms with E-state index in [1.165, 1.54) is 89.9 Å². The van der Waals surface area contributed by atoms with Crippen molar-refractivity contribution in [2.45, 2.75) is 123 Å². The molecule has 0 aromatic rings. The van der Waals surface area contributed by atoms with Gasteiger partial charge >= 0.3 is 5.97 Å². The fourth-order valence-electron chi connectivity index (χ4n) is 4.45. The van der Waals surface area contributed by atoms with Crippen molar-refractivity contribution in [2.75, 3.05) is 26.2 Å². The normalized spacial score (nSPS) is 18.9. The lowest BCUT2D eigenvalue weighted by Crippen LogP contribution is -2.55. The molecule has 32 heavy (non-hydrogen) atoms. The minimum absolute atomic E-state index is 0. The van der Waals surface area contributed by atoms with Crippen molar-refractivity contribution < 1.29 is 30.0 Å². The number of quaternary nitrogens is 1. The van der Waals surface area contributed by atoms with E-state index in [0.717, 1.165) is 18.7 Å². The fourth-order valence-corrected chi connectivity index (χ4v) is 4.45. The van der Waals surface area contributed by atoms with E-state index in [4.69, 9.17) is 4.84 Å². The molecule has 0 bridgehead atoms. The van der Waals surface area contributed by atoms with Gasteiger partial charge in [-0.05, 0) is 13.3 Å². The Balaban J connectivity index is 0.00000961. The van der Waals surface area contributed by atoms with Gasteiger partial charge in [0.05, 0.1) is 13.2 Å². The summed E-state index contributed by atoms with van der Waals surface area (Å²) in [5, 5.41) is 18.7. The third kappa shape index (κ3) is 12.9. The Bertz CT molecular complexity index is 501. The Kier molecular flexibility index (Phi) is 18.8. The second kappa shape index (κ2) is 19.4. The van der Waals surface area contributed by atoms with E-state index in [1.54, 1.807) is 6.92 Å². The largest absolute Gasteiger partial charge is 0.870 e. The van der Waals surface area contributed by atoms with E-state index in [1.807, 2.05) is 0 Å². The van der Waals surface area contributed by atoms with E-state index < -0.39 is 12.1 Å². The molecule has 190 valence electrons. The summed E-state index contributed by atoms with van der Waals surface area (Å²) < 4.78 is 0.0859. The van der Waals surface area contributed by atoms with Crippen LogP contribution < -0.4 is 0 Å². The van der Waals surface area contributed by atoms with Gasteiger partial charge in [0.25, 0.3) is 0 Å². The lowest BCUT2D eigenvalue weighted by Gasteiger charge is -2.32. The highest BCUT2D eigenvalue weighted by atomic mass is 16.7. The predicted molar refractivity (Wildman–Crippen MR) is 129 cm³/mol. The molecular weight excluding hydrogens is 408 g/mol. The highest BCUT2D eigenvalue weighted by molar-refractivity contribution is 5.76. The van der Waals surface area contributed by atoms with Gasteiger partial charge in [-0.3, -0.25) is 0 Å². The Morgan fingerprint density at radius 1 is 0.938 bits per heavy atom. The van der Waals surface area contributed by atoms with E-state index in [2.05, 4.69) is 11.9 Å². The van der Waals surface area contributed by atoms with Gasteiger partial charge in [0.2, 0.25) is 11.9 Å². The summed E-state index contributed by atoms with van der Waals surface area (Å²) in [6.45, 7) is 5.41. The van der Waals surface area contributed by atoms with Crippen LogP contribution in [0.25, 0.3) is 0 Å². The van der Waals surface area contributed by atoms with Crippen molar-refractivity contribution in [1.82, 2.24) is 0 Å². The molecule has 1 aliphatic rings. The number of aliphatic hydroxyl groups excluding tert-OH is 1. The molecule has 0 aromatic heterocycles. The van der Waals surface area contributed by atoms with Crippen LogP contribution in [-0.4, -0.2) is 64.5 Å². The van der Waals surface area contributed by atoms with Gasteiger partial charge in [0.15, 0.2) is 0 Å². The standard InChI is InChI=1S/C25H48N2O4.H2O/c1-3-4-5-6-7-8-9-10-11-12-13-14-15-16-17-18-24-26-19-20-27(24,21-22-28)31-23(2)25(29)30;/h23,28H,3-22H2,1-2H3;1H2. The Morgan fingerprint density at radius 2 is 1.41 bits per heavy atom. The number of aliphatic carboxylic acids is 1. The van der Waals surface area contributed by atoms with Crippen LogP contribution >= 0.6 is 0 Å². The summed E-state index contributed by atoms with van der Waals surface area (Å²) in [5.74, 6) is -0.0782. The molecule has 2 atom stereocenters. The number of amidine groups is 1. The third-order valence-corrected chi connectivity index (χ3v) is 6.40. The molecule has 0 spiro atoms. The molecule has 0 aliphatic carbocycles. The number of nitrogens with zero attached hydrogens (tertiary/aromatic N) is 2. The summed E-state index contributed by atoms with van der Waals surface area (Å²) in [7, 11) is 0. The number of hydrogen-bond acceptors (Lipinski definition) is 5. The zero-order valence-electron chi connectivity index (χ0n) is 20.8. The summed E-state index contributed by atoms with van der Waals surface area (Å²) in [4.78, 5) is 21.6. The van der Waals surface area contributed by atoms with Gasteiger partial charge in [-0.1, -0.05) is 96.8 Å². The number of hydroxylamine groups is 3. The number of carbonyl (C=O) groups is 1. The lowest BCUT2D eigenvalue weighted by atomic mass is 10.0. The molecule has 1 aliphatic heterocycles. The maximum Gasteiger partial charge on any atom is 0.339 e. The van der Waals surface area contributed by atoms with Crippen molar-refractivity contribution in [3.63, 3.8) is 0 Å². The first-order chi connectivity index (χ1) is 15.1. The monoisotopic (exact) mass is 458 g/mol. The van der Waals surface area contributed by atoms with Crippen LogP contribution in [0.4, 0.5) is 0 Å². The first kappa shape index (κ1) is 31.0. The van der Waals surface area contributed by atoms with E-state index >= 15 is 0 Å². The van der Waals surface area contributed by atoms with Crippen LogP contribution in [-0.2, 0) is 9.63 Å². The molecule has 1 heterocycles. The molecule has 7 nitrogen and oxygen atoms in total. The molecule has 0 saturated heterocycles. The van der Waals surface area contributed by atoms with Crippen LogP contribution in [0, 0.1) is 0 Å². The molecular formula is C25H50N2O5. The van der Waals surface area contributed by atoms with Gasteiger partial charge < -0.3 is 15.7 Å². The SMILES string of the molecule is CCCCCCCCCCCCCCCCCC1=NCC[N+]1(CCO)OC(C)C(=O)O.[OH-]. The molecule has 0 fully saturated rings. The topological polar surface area (TPSA) is 109 Å². The van der Waals surface area contributed by atoms with E-state index in [9.17, 15) is 15.0 Å². The highest BCUT2D eigenvalue weighted by Crippen LogP contribution is 2.23. The Hall–Kier alpha value is -1.02. The van der Waals surface area contributed by atoms with Gasteiger partial charge in [0, 0.05) is 6.42 Å². The van der Waals surface area contributed by atoms with Crippen molar-refractivity contribution in [1.29, 1.82) is 0 Å². The Morgan fingerprint density at radius 3 is 1.84 bits per heavy atom. The molecule has 0 radical (unpaired) electrons. The number of aliphatic hydroxyl groups is 1. The number of hydrogen-bond donors (Lipinski definition) is 2. The van der Waals surface area contributed by atoms with Crippen molar-refractivity contribution in [3.8, 4) is 0 Å². The molecule has 2 unspecified atom stereocenters. The number of carboxylic acid groups (broad SMARTS) is 1. The maximum atomic E-state index is 11.2. The average Bonchev–Trinajstić information content (AvgIpc) is 3.13. The Labute approximate surface area is 196 Å². The van der Waals surface area contributed by atoms with Crippen LogP contribution in [0.1, 0.15) is 117 Å². The minimum atomic E-state index is -0.978. The van der Waals surface area contributed by atoms with Gasteiger partial charge in [-0.25, -0.2) is 9.79 Å². The van der Waals surface area contributed by atoms with Crippen molar-refractivity contribution in [2.24, 2.45) is 4.99 Å². The number of aliphatic imine (C=N–C) groups is 1. The van der Waals surface area contributed by atoms with E-state index in [-0.39, 0.29) is 16.7 Å². The molecule has 0 aromatic carbocycles. The number of rotatable bonds is 21. The van der Waals surface area contributed by atoms with Gasteiger partial charge in [-0.2, -0.15) is 4.84 Å². The number of unbranched alkanes of at least 4 members (excludes halogenated alkanes) is 14. The van der Waals surface area contributed by atoms with Crippen LogP contribution in [0.2, 0.25) is 0 Å². The average molecular weight is 459 g/mol. The van der Waals surface area contributed by atoms with Crippen LogP contribution in [0.15, 0.2) is 4.99 Å². The zero-order valence-corrected chi connectivity index (χ0v) is 20.8. The zero-order chi connectivity index (χ0) is 22.8. The van der Waals surface area contributed by atoms with Crippen molar-refractivity contribution >= 4 is 11.8 Å². The van der Waals surface area contributed by atoms with Crippen molar-refractivity contribution in [3.05, 3.63) is 0 Å². The van der Waals surface area contributed by atoms with E-state index in [0.29, 0.717) is 19.6 Å². The molecule has 1 rings (SSSR count). The number of carboxylic acids is 1. The molecule has 0 saturated carbocycles. The quantitative estimate of drug-likeness (QED) is 0.169. The lowest BCUT2D eigenvalue weighted by molar-refractivity contribution is -1.04. The maximum absolute atomic E-state index is 11.2. The molecule has 7 heteroatoms. The summed E-state index contributed by atoms with van der Waals surface area (Å²) in [6.07, 6.45) is 20.0. The minimum Gasteiger partial charge on any atom is -0.870 e.